The summed E-state index contributed by atoms with van der Waals surface area (Å²) >= 11 is 2.25. The first-order chi connectivity index (χ1) is 11.6. The second-order valence-corrected chi connectivity index (χ2v) is 7.30. The summed E-state index contributed by atoms with van der Waals surface area (Å²) in [4.78, 5) is 16.8. The molecule has 24 heavy (non-hydrogen) atoms. The molecule has 0 bridgehead atoms. The number of hydrogen-bond acceptors (Lipinski definition) is 2. The first-order valence-electron chi connectivity index (χ1n) is 8.24. The van der Waals surface area contributed by atoms with Crippen LogP contribution in [0, 0.1) is 3.57 Å². The molecule has 2 aromatic rings. The third-order valence-electron chi connectivity index (χ3n) is 4.51. The molecular formula is C19H22IN3O. The van der Waals surface area contributed by atoms with Crippen molar-refractivity contribution in [1.29, 1.82) is 0 Å². The number of nitrogens with one attached hydrogen (secondary N) is 1. The van der Waals surface area contributed by atoms with E-state index in [2.05, 4.69) is 64.0 Å². The molecule has 4 nitrogen and oxygen atoms in total. The van der Waals surface area contributed by atoms with Crippen LogP contribution in [0.25, 0.3) is 0 Å². The zero-order valence-corrected chi connectivity index (χ0v) is 15.9. The minimum atomic E-state index is -0.0102. The van der Waals surface area contributed by atoms with Crippen LogP contribution in [-0.4, -0.2) is 42.0 Å². The van der Waals surface area contributed by atoms with Gasteiger partial charge in [0, 0.05) is 41.5 Å². The van der Waals surface area contributed by atoms with E-state index in [0.29, 0.717) is 6.04 Å². The van der Waals surface area contributed by atoms with Gasteiger partial charge in [-0.05, 0) is 53.3 Å². The van der Waals surface area contributed by atoms with E-state index in [1.54, 1.807) is 0 Å². The minimum Gasteiger partial charge on any atom is -0.322 e. The number of benzene rings is 2. The monoisotopic (exact) mass is 435 g/mol. The number of nitrogens with zero attached hydrogens (tertiary/aromatic N) is 2. The Kier molecular flexibility index (Phi) is 5.73. The zero-order valence-electron chi connectivity index (χ0n) is 13.8. The van der Waals surface area contributed by atoms with Gasteiger partial charge in [0.2, 0.25) is 0 Å². The first-order valence-corrected chi connectivity index (χ1v) is 9.32. The van der Waals surface area contributed by atoms with Crippen LogP contribution in [0.15, 0.2) is 54.6 Å². The van der Waals surface area contributed by atoms with Crippen LogP contribution in [-0.2, 0) is 0 Å². The molecule has 0 aromatic heterocycles. The Bertz CT molecular complexity index is 684. The third-order valence-corrected chi connectivity index (χ3v) is 5.18. The van der Waals surface area contributed by atoms with Gasteiger partial charge in [0.05, 0.1) is 0 Å². The standard InChI is InChI=1S/C19H22IN3O/c1-15(16-6-3-2-4-7-16)22-10-12-23(13-11-22)19(24)21-18-9-5-8-17(20)14-18/h2-9,14-15H,10-13H2,1H3,(H,21,24). The predicted octanol–water partition coefficient (Wildman–Crippen LogP) is 4.20. The largest absolute Gasteiger partial charge is 0.322 e. The van der Waals surface area contributed by atoms with Gasteiger partial charge in [-0.25, -0.2) is 4.79 Å². The molecule has 5 heteroatoms. The summed E-state index contributed by atoms with van der Waals surface area (Å²) in [5.74, 6) is 0. The van der Waals surface area contributed by atoms with Crippen LogP contribution in [0.5, 0.6) is 0 Å². The Hall–Kier alpha value is -1.60. The lowest BCUT2D eigenvalue weighted by Crippen LogP contribution is -2.50. The Labute approximate surface area is 157 Å². The smallest absolute Gasteiger partial charge is 0.321 e. The molecule has 1 saturated heterocycles. The SMILES string of the molecule is CC(c1ccccc1)N1CCN(C(=O)Nc2cccc(I)c2)CC1. The second kappa shape index (κ2) is 7.98. The van der Waals surface area contributed by atoms with Crippen LogP contribution in [0.4, 0.5) is 10.5 Å². The average Bonchev–Trinajstić information content (AvgIpc) is 2.62. The highest BCUT2D eigenvalue weighted by atomic mass is 127. The molecule has 2 amide bonds. The molecular weight excluding hydrogens is 413 g/mol. The van der Waals surface area contributed by atoms with Gasteiger partial charge in [-0.1, -0.05) is 36.4 Å². The Morgan fingerprint density at radius 3 is 2.42 bits per heavy atom. The summed E-state index contributed by atoms with van der Waals surface area (Å²) in [7, 11) is 0. The molecule has 0 radical (unpaired) electrons. The van der Waals surface area contributed by atoms with E-state index >= 15 is 0 Å². The molecule has 0 saturated carbocycles. The maximum absolute atomic E-state index is 12.4. The van der Waals surface area contributed by atoms with Crippen molar-refractivity contribution in [1.82, 2.24) is 9.80 Å². The molecule has 1 aliphatic heterocycles. The van der Waals surface area contributed by atoms with E-state index in [1.807, 2.05) is 35.2 Å². The summed E-state index contributed by atoms with van der Waals surface area (Å²) in [6, 6.07) is 18.8. The van der Waals surface area contributed by atoms with Crippen molar-refractivity contribution in [2.24, 2.45) is 0 Å². The molecule has 1 heterocycles. The number of urea groups is 1. The van der Waals surface area contributed by atoms with Gasteiger partial charge < -0.3 is 10.2 Å². The first kappa shape index (κ1) is 17.2. The normalized spacial score (nSPS) is 16.7. The number of amides is 2. The van der Waals surface area contributed by atoms with E-state index in [-0.39, 0.29) is 6.03 Å². The lowest BCUT2D eigenvalue weighted by molar-refractivity contribution is 0.119. The molecule has 1 atom stereocenters. The summed E-state index contributed by atoms with van der Waals surface area (Å²) in [5, 5.41) is 2.99. The Balaban J connectivity index is 1.54. The lowest BCUT2D eigenvalue weighted by atomic mass is 10.1. The molecule has 2 aromatic carbocycles. The van der Waals surface area contributed by atoms with Gasteiger partial charge in [-0.15, -0.1) is 0 Å². The summed E-state index contributed by atoms with van der Waals surface area (Å²) < 4.78 is 1.12. The molecule has 1 unspecified atom stereocenters. The number of carbonyl (C=O) groups is 1. The molecule has 1 aliphatic rings. The molecule has 3 rings (SSSR count). The minimum absolute atomic E-state index is 0.0102. The van der Waals surface area contributed by atoms with Gasteiger partial charge in [0.25, 0.3) is 0 Å². The molecule has 0 aliphatic carbocycles. The highest BCUT2D eigenvalue weighted by Crippen LogP contribution is 2.21. The fourth-order valence-corrected chi connectivity index (χ4v) is 3.57. The summed E-state index contributed by atoms with van der Waals surface area (Å²) in [6.45, 7) is 5.54. The number of carbonyl (C=O) groups excluding carboxylic acids is 1. The fourth-order valence-electron chi connectivity index (χ4n) is 3.02. The number of anilines is 1. The Morgan fingerprint density at radius 2 is 1.75 bits per heavy atom. The number of piperazine rings is 1. The van der Waals surface area contributed by atoms with Crippen LogP contribution in [0.2, 0.25) is 0 Å². The maximum atomic E-state index is 12.4. The van der Waals surface area contributed by atoms with Crippen molar-refractivity contribution in [3.8, 4) is 0 Å². The van der Waals surface area contributed by atoms with Gasteiger partial charge in [-0.3, -0.25) is 4.90 Å². The van der Waals surface area contributed by atoms with Gasteiger partial charge in [-0.2, -0.15) is 0 Å². The molecule has 1 fully saturated rings. The quantitative estimate of drug-likeness (QED) is 0.734. The van der Waals surface area contributed by atoms with Crippen molar-refractivity contribution in [3.05, 3.63) is 63.7 Å². The van der Waals surface area contributed by atoms with Gasteiger partial charge in [0.15, 0.2) is 0 Å². The van der Waals surface area contributed by atoms with E-state index < -0.39 is 0 Å². The number of halogens is 1. The van der Waals surface area contributed by atoms with Crippen molar-refractivity contribution < 1.29 is 4.79 Å². The second-order valence-electron chi connectivity index (χ2n) is 6.05. The van der Waals surface area contributed by atoms with Crippen molar-refractivity contribution in [2.75, 3.05) is 31.5 Å². The Morgan fingerprint density at radius 1 is 1.04 bits per heavy atom. The van der Waals surface area contributed by atoms with Crippen LogP contribution in [0.3, 0.4) is 0 Å². The molecule has 1 N–H and O–H groups in total. The number of rotatable bonds is 3. The van der Waals surface area contributed by atoms with Crippen LogP contribution in [0.1, 0.15) is 18.5 Å². The van der Waals surface area contributed by atoms with Crippen LogP contribution >= 0.6 is 22.6 Å². The van der Waals surface area contributed by atoms with Crippen molar-refractivity contribution in [2.45, 2.75) is 13.0 Å². The highest BCUT2D eigenvalue weighted by molar-refractivity contribution is 14.1. The molecule has 126 valence electrons. The predicted molar refractivity (Wildman–Crippen MR) is 106 cm³/mol. The van der Waals surface area contributed by atoms with E-state index in [4.69, 9.17) is 0 Å². The van der Waals surface area contributed by atoms with E-state index in [0.717, 1.165) is 35.4 Å². The summed E-state index contributed by atoms with van der Waals surface area (Å²) in [6.07, 6.45) is 0. The van der Waals surface area contributed by atoms with Gasteiger partial charge in [0.1, 0.15) is 0 Å². The topological polar surface area (TPSA) is 35.6 Å². The van der Waals surface area contributed by atoms with E-state index in [9.17, 15) is 4.79 Å². The van der Waals surface area contributed by atoms with Crippen molar-refractivity contribution >= 4 is 34.3 Å². The third kappa shape index (κ3) is 4.27. The zero-order chi connectivity index (χ0) is 16.9. The molecule has 0 spiro atoms. The fraction of sp³-hybridized carbons (Fsp3) is 0.316. The average molecular weight is 435 g/mol. The number of hydrogen-bond donors (Lipinski definition) is 1. The highest BCUT2D eigenvalue weighted by Gasteiger charge is 2.24. The van der Waals surface area contributed by atoms with Crippen molar-refractivity contribution in [3.63, 3.8) is 0 Å². The summed E-state index contributed by atoms with van der Waals surface area (Å²) in [5.41, 5.74) is 2.18. The lowest BCUT2D eigenvalue weighted by Gasteiger charge is -2.38. The van der Waals surface area contributed by atoms with Gasteiger partial charge >= 0.3 is 6.03 Å². The van der Waals surface area contributed by atoms with Crippen LogP contribution < -0.4 is 5.32 Å². The van der Waals surface area contributed by atoms with E-state index in [1.165, 1.54) is 5.56 Å². The maximum Gasteiger partial charge on any atom is 0.321 e.